The fraction of sp³-hybridized carbons (Fsp3) is 0.333. The predicted molar refractivity (Wildman–Crippen MR) is 114 cm³/mol. The van der Waals surface area contributed by atoms with Crippen molar-refractivity contribution >= 4 is 11.8 Å². The zero-order chi connectivity index (χ0) is 20.7. The van der Waals surface area contributed by atoms with Gasteiger partial charge >= 0.3 is 0 Å². The van der Waals surface area contributed by atoms with E-state index < -0.39 is 5.41 Å². The molecule has 0 aliphatic carbocycles. The zero-order valence-electron chi connectivity index (χ0n) is 17.1. The third-order valence-corrected chi connectivity index (χ3v) is 5.61. The first-order valence-corrected chi connectivity index (χ1v) is 9.97. The van der Waals surface area contributed by atoms with Gasteiger partial charge in [0.05, 0.1) is 12.5 Å². The molecule has 1 heterocycles. The standard InChI is InChI=1S/C24H28N2O3/c1-3-7-22(27)26-16-14-24(15-17-26,20-8-5-4-6-9-20)23(28)25-18-19-10-12-21(29-2)13-11-19/h3-13H,14-18H2,1-2H3,(H,25,28). The van der Waals surface area contributed by atoms with Crippen molar-refractivity contribution in [3.8, 4) is 5.75 Å². The molecule has 5 heteroatoms. The van der Waals surface area contributed by atoms with Gasteiger partial charge in [-0.1, -0.05) is 48.5 Å². The van der Waals surface area contributed by atoms with Crippen LogP contribution >= 0.6 is 0 Å². The average molecular weight is 392 g/mol. The number of nitrogens with zero attached hydrogens (tertiary/aromatic N) is 1. The number of hydrogen-bond acceptors (Lipinski definition) is 3. The number of amides is 2. The molecule has 29 heavy (non-hydrogen) atoms. The molecule has 2 amide bonds. The molecule has 0 bridgehead atoms. The van der Waals surface area contributed by atoms with Crippen LogP contribution in [-0.2, 0) is 21.5 Å². The Hall–Kier alpha value is -3.08. The van der Waals surface area contributed by atoms with E-state index in [1.807, 2.05) is 66.4 Å². The van der Waals surface area contributed by atoms with Crippen LogP contribution in [0.5, 0.6) is 5.75 Å². The molecular weight excluding hydrogens is 364 g/mol. The third kappa shape index (κ3) is 4.67. The van der Waals surface area contributed by atoms with Crippen molar-refractivity contribution in [3.63, 3.8) is 0 Å². The van der Waals surface area contributed by atoms with Crippen LogP contribution in [0.1, 0.15) is 30.9 Å². The Morgan fingerprint density at radius 3 is 2.31 bits per heavy atom. The Labute approximate surface area is 172 Å². The monoisotopic (exact) mass is 392 g/mol. The highest BCUT2D eigenvalue weighted by molar-refractivity contribution is 5.90. The molecule has 152 valence electrons. The number of carbonyl (C=O) groups is 2. The number of piperidine rings is 1. The summed E-state index contributed by atoms with van der Waals surface area (Å²) in [7, 11) is 1.63. The molecule has 2 aromatic rings. The van der Waals surface area contributed by atoms with Gasteiger partial charge in [0.25, 0.3) is 0 Å². The minimum atomic E-state index is -0.625. The van der Waals surface area contributed by atoms with Gasteiger partial charge in [-0.3, -0.25) is 9.59 Å². The summed E-state index contributed by atoms with van der Waals surface area (Å²) in [5, 5.41) is 3.12. The van der Waals surface area contributed by atoms with Crippen LogP contribution in [0.3, 0.4) is 0 Å². The Kier molecular flexibility index (Phi) is 6.70. The van der Waals surface area contributed by atoms with E-state index in [0.29, 0.717) is 32.5 Å². The van der Waals surface area contributed by atoms with Crippen molar-refractivity contribution < 1.29 is 14.3 Å². The lowest BCUT2D eigenvalue weighted by atomic mass is 9.72. The van der Waals surface area contributed by atoms with Crippen LogP contribution in [0.4, 0.5) is 0 Å². The Morgan fingerprint density at radius 1 is 1.07 bits per heavy atom. The Bertz CT molecular complexity index is 851. The summed E-state index contributed by atoms with van der Waals surface area (Å²) in [6.45, 7) is 3.42. The highest BCUT2D eigenvalue weighted by Gasteiger charge is 2.43. The van der Waals surface area contributed by atoms with Crippen LogP contribution in [0.15, 0.2) is 66.7 Å². The van der Waals surface area contributed by atoms with Crippen molar-refractivity contribution in [3.05, 3.63) is 77.9 Å². The number of methoxy groups -OCH3 is 1. The molecule has 1 fully saturated rings. The van der Waals surface area contributed by atoms with Gasteiger partial charge in [-0.25, -0.2) is 0 Å². The van der Waals surface area contributed by atoms with E-state index in [2.05, 4.69) is 5.32 Å². The largest absolute Gasteiger partial charge is 0.497 e. The smallest absolute Gasteiger partial charge is 0.246 e. The number of ether oxygens (including phenoxy) is 1. The fourth-order valence-corrected chi connectivity index (χ4v) is 3.86. The quantitative estimate of drug-likeness (QED) is 0.766. The summed E-state index contributed by atoms with van der Waals surface area (Å²) < 4.78 is 5.19. The lowest BCUT2D eigenvalue weighted by Gasteiger charge is -2.40. The minimum Gasteiger partial charge on any atom is -0.497 e. The van der Waals surface area contributed by atoms with Gasteiger partial charge in [-0.15, -0.1) is 0 Å². The van der Waals surface area contributed by atoms with Crippen LogP contribution < -0.4 is 10.1 Å². The summed E-state index contributed by atoms with van der Waals surface area (Å²) in [6.07, 6.45) is 4.55. The maximum Gasteiger partial charge on any atom is 0.246 e. The van der Waals surface area contributed by atoms with Crippen molar-refractivity contribution in [2.75, 3.05) is 20.2 Å². The lowest BCUT2D eigenvalue weighted by Crippen LogP contribution is -2.52. The molecule has 0 spiro atoms. The molecule has 1 aliphatic heterocycles. The first-order chi connectivity index (χ1) is 14.1. The molecule has 0 unspecified atom stereocenters. The van der Waals surface area contributed by atoms with Gasteiger partial charge in [0.2, 0.25) is 11.8 Å². The molecular formula is C24H28N2O3. The second-order valence-electron chi connectivity index (χ2n) is 7.30. The second kappa shape index (κ2) is 9.41. The fourth-order valence-electron chi connectivity index (χ4n) is 3.86. The number of rotatable bonds is 6. The maximum absolute atomic E-state index is 13.4. The van der Waals surface area contributed by atoms with Gasteiger partial charge in [0.1, 0.15) is 5.75 Å². The number of nitrogens with one attached hydrogen (secondary N) is 1. The van der Waals surface area contributed by atoms with Gasteiger partial charge < -0.3 is 15.0 Å². The second-order valence-corrected chi connectivity index (χ2v) is 7.30. The molecule has 3 rings (SSSR count). The van der Waals surface area contributed by atoms with Crippen molar-refractivity contribution in [1.29, 1.82) is 0 Å². The molecule has 0 atom stereocenters. The van der Waals surface area contributed by atoms with Crippen LogP contribution in [-0.4, -0.2) is 36.9 Å². The van der Waals surface area contributed by atoms with Gasteiger partial charge in [-0.05, 0) is 49.1 Å². The summed E-state index contributed by atoms with van der Waals surface area (Å²) in [4.78, 5) is 27.4. The van der Waals surface area contributed by atoms with Crippen molar-refractivity contribution in [1.82, 2.24) is 10.2 Å². The number of carbonyl (C=O) groups excluding carboxylic acids is 2. The lowest BCUT2D eigenvalue weighted by molar-refractivity contribution is -0.134. The molecule has 0 radical (unpaired) electrons. The molecule has 2 aromatic carbocycles. The molecule has 0 aromatic heterocycles. The Balaban J connectivity index is 1.75. The van der Waals surface area contributed by atoms with E-state index in [1.54, 1.807) is 19.3 Å². The van der Waals surface area contributed by atoms with E-state index in [9.17, 15) is 9.59 Å². The zero-order valence-corrected chi connectivity index (χ0v) is 17.1. The van der Waals surface area contributed by atoms with E-state index in [-0.39, 0.29) is 11.8 Å². The SMILES string of the molecule is CC=CC(=O)N1CCC(C(=O)NCc2ccc(OC)cc2)(c2ccccc2)CC1. The van der Waals surface area contributed by atoms with E-state index >= 15 is 0 Å². The van der Waals surface area contributed by atoms with Gasteiger partial charge in [0.15, 0.2) is 0 Å². The molecule has 1 N–H and O–H groups in total. The summed E-state index contributed by atoms with van der Waals surface area (Å²) >= 11 is 0. The topological polar surface area (TPSA) is 58.6 Å². The van der Waals surface area contributed by atoms with Crippen molar-refractivity contribution in [2.45, 2.75) is 31.7 Å². The Morgan fingerprint density at radius 2 is 1.72 bits per heavy atom. The van der Waals surface area contributed by atoms with E-state index in [4.69, 9.17) is 4.74 Å². The first kappa shape index (κ1) is 20.6. The summed E-state index contributed by atoms with van der Waals surface area (Å²) in [5.74, 6) is 0.810. The maximum atomic E-state index is 13.4. The predicted octanol–water partition coefficient (Wildman–Crippen LogP) is 3.45. The number of allylic oxidation sites excluding steroid dienone is 1. The molecule has 0 saturated carbocycles. The van der Waals surface area contributed by atoms with Crippen LogP contribution in [0.25, 0.3) is 0 Å². The average Bonchev–Trinajstić information content (AvgIpc) is 2.78. The number of hydrogen-bond donors (Lipinski definition) is 1. The normalized spacial score (nSPS) is 15.9. The molecule has 5 nitrogen and oxygen atoms in total. The summed E-state index contributed by atoms with van der Waals surface area (Å²) in [6, 6.07) is 17.6. The third-order valence-electron chi connectivity index (χ3n) is 5.61. The number of benzene rings is 2. The van der Waals surface area contributed by atoms with Crippen LogP contribution in [0, 0.1) is 0 Å². The molecule has 1 aliphatic rings. The van der Waals surface area contributed by atoms with Gasteiger partial charge in [0, 0.05) is 19.6 Å². The van der Waals surface area contributed by atoms with Crippen molar-refractivity contribution in [2.24, 2.45) is 0 Å². The molecule has 1 saturated heterocycles. The first-order valence-electron chi connectivity index (χ1n) is 9.97. The highest BCUT2D eigenvalue weighted by atomic mass is 16.5. The van der Waals surface area contributed by atoms with E-state index in [1.165, 1.54) is 0 Å². The van der Waals surface area contributed by atoms with Gasteiger partial charge in [-0.2, -0.15) is 0 Å². The summed E-state index contributed by atoms with van der Waals surface area (Å²) in [5.41, 5.74) is 1.40. The van der Waals surface area contributed by atoms with Crippen LogP contribution in [0.2, 0.25) is 0 Å². The number of likely N-dealkylation sites (tertiary alicyclic amines) is 1. The minimum absolute atomic E-state index is 0.00722. The van der Waals surface area contributed by atoms with E-state index in [0.717, 1.165) is 16.9 Å². The highest BCUT2D eigenvalue weighted by Crippen LogP contribution is 2.36.